The molecule has 1 aromatic carbocycles. The molecule has 86 valence electrons. The summed E-state index contributed by atoms with van der Waals surface area (Å²) < 4.78 is 11.4. The van der Waals surface area contributed by atoms with E-state index in [0.717, 1.165) is 23.7 Å². The maximum atomic E-state index is 5.72. The molecule has 3 rings (SSSR count). The van der Waals surface area contributed by atoms with Crippen LogP contribution in [-0.2, 0) is 6.42 Å². The van der Waals surface area contributed by atoms with Crippen LogP contribution in [-0.4, -0.2) is 11.1 Å². The van der Waals surface area contributed by atoms with E-state index >= 15 is 0 Å². The molecule has 0 bridgehead atoms. The van der Waals surface area contributed by atoms with Gasteiger partial charge in [-0.3, -0.25) is 4.98 Å². The molecule has 1 unspecified atom stereocenters. The van der Waals surface area contributed by atoms with Crippen molar-refractivity contribution in [1.29, 1.82) is 0 Å². The molecule has 0 amide bonds. The van der Waals surface area contributed by atoms with E-state index in [1.54, 1.807) is 12.4 Å². The Morgan fingerprint density at radius 2 is 2.00 bits per heavy atom. The first-order valence-corrected chi connectivity index (χ1v) is 5.69. The number of pyridine rings is 1. The number of benzene rings is 1. The highest BCUT2D eigenvalue weighted by Gasteiger charge is 2.19. The Morgan fingerprint density at radius 1 is 1.18 bits per heavy atom. The fourth-order valence-electron chi connectivity index (χ4n) is 1.99. The summed E-state index contributed by atoms with van der Waals surface area (Å²) in [4.78, 5) is 3.95. The molecule has 1 atom stereocenters. The summed E-state index contributed by atoms with van der Waals surface area (Å²) in [5.41, 5.74) is 1.25. The minimum Gasteiger partial charge on any atom is -0.490 e. The molecule has 17 heavy (non-hydrogen) atoms. The Bertz CT molecular complexity index is 525. The number of hydrogen-bond acceptors (Lipinski definition) is 3. The van der Waals surface area contributed by atoms with E-state index in [0.29, 0.717) is 0 Å². The summed E-state index contributed by atoms with van der Waals surface area (Å²) >= 11 is 0. The van der Waals surface area contributed by atoms with Gasteiger partial charge < -0.3 is 9.47 Å². The molecular weight excluding hydrogens is 214 g/mol. The first-order valence-electron chi connectivity index (χ1n) is 5.69. The number of hydrogen-bond donors (Lipinski definition) is 0. The van der Waals surface area contributed by atoms with Crippen molar-refractivity contribution in [2.45, 2.75) is 19.4 Å². The highest BCUT2D eigenvalue weighted by Crippen LogP contribution is 2.33. The zero-order chi connectivity index (χ0) is 11.7. The topological polar surface area (TPSA) is 31.4 Å². The van der Waals surface area contributed by atoms with E-state index in [2.05, 4.69) is 18.0 Å². The quantitative estimate of drug-likeness (QED) is 0.789. The van der Waals surface area contributed by atoms with Crippen LogP contribution in [0.3, 0.4) is 0 Å². The lowest BCUT2D eigenvalue weighted by atomic mass is 10.1. The maximum Gasteiger partial charge on any atom is 0.131 e. The maximum absolute atomic E-state index is 5.72. The third kappa shape index (κ3) is 2.09. The Labute approximate surface area is 100 Å². The van der Waals surface area contributed by atoms with Crippen LogP contribution in [0.25, 0.3) is 0 Å². The first kappa shape index (κ1) is 10.1. The lowest BCUT2D eigenvalue weighted by Crippen LogP contribution is -2.05. The van der Waals surface area contributed by atoms with Crippen molar-refractivity contribution >= 4 is 0 Å². The summed E-state index contributed by atoms with van der Waals surface area (Å²) in [6, 6.07) is 9.64. The van der Waals surface area contributed by atoms with Crippen LogP contribution < -0.4 is 9.47 Å². The third-order valence-electron chi connectivity index (χ3n) is 2.76. The summed E-state index contributed by atoms with van der Waals surface area (Å²) in [6.45, 7) is 2.07. The number of rotatable bonds is 2. The van der Waals surface area contributed by atoms with E-state index in [1.807, 2.05) is 24.3 Å². The lowest BCUT2D eigenvalue weighted by Gasteiger charge is -2.07. The van der Waals surface area contributed by atoms with E-state index in [1.165, 1.54) is 5.56 Å². The third-order valence-corrected chi connectivity index (χ3v) is 2.76. The first-order chi connectivity index (χ1) is 8.31. The molecule has 1 aliphatic rings. The minimum atomic E-state index is 0.265. The van der Waals surface area contributed by atoms with Gasteiger partial charge in [0.05, 0.1) is 0 Å². The Hall–Kier alpha value is -2.03. The predicted molar refractivity (Wildman–Crippen MR) is 64.5 cm³/mol. The summed E-state index contributed by atoms with van der Waals surface area (Å²) in [6.07, 6.45) is 4.66. The van der Waals surface area contributed by atoms with E-state index in [9.17, 15) is 0 Å². The molecular formula is C14H13NO2. The number of ether oxygens (including phenoxy) is 2. The van der Waals surface area contributed by atoms with E-state index in [4.69, 9.17) is 9.47 Å². The fourth-order valence-corrected chi connectivity index (χ4v) is 1.99. The second kappa shape index (κ2) is 4.09. The Balaban J connectivity index is 1.84. The van der Waals surface area contributed by atoms with Crippen molar-refractivity contribution in [3.05, 3.63) is 48.3 Å². The molecule has 0 spiro atoms. The SMILES string of the molecule is CC1Cc2ccc(Oc3ccncc3)cc2O1. The largest absolute Gasteiger partial charge is 0.490 e. The van der Waals surface area contributed by atoms with Gasteiger partial charge in [0.2, 0.25) is 0 Å². The number of aromatic nitrogens is 1. The lowest BCUT2D eigenvalue weighted by molar-refractivity contribution is 0.254. The zero-order valence-electron chi connectivity index (χ0n) is 9.59. The van der Waals surface area contributed by atoms with Crippen LogP contribution in [0.2, 0.25) is 0 Å². The molecule has 2 heterocycles. The second-order valence-electron chi connectivity index (χ2n) is 4.19. The highest BCUT2D eigenvalue weighted by atomic mass is 16.5. The van der Waals surface area contributed by atoms with Crippen molar-refractivity contribution in [3.63, 3.8) is 0 Å². The Morgan fingerprint density at radius 3 is 2.82 bits per heavy atom. The van der Waals surface area contributed by atoms with Gasteiger partial charge in [-0.15, -0.1) is 0 Å². The average molecular weight is 227 g/mol. The number of nitrogens with zero attached hydrogens (tertiary/aromatic N) is 1. The Kier molecular flexibility index (Phi) is 2.44. The van der Waals surface area contributed by atoms with Crippen LogP contribution in [0, 0.1) is 0 Å². The van der Waals surface area contributed by atoms with Crippen LogP contribution >= 0.6 is 0 Å². The van der Waals surface area contributed by atoms with Gasteiger partial charge in [0.1, 0.15) is 23.4 Å². The molecule has 0 radical (unpaired) electrons. The number of fused-ring (bicyclic) bond motifs is 1. The van der Waals surface area contributed by atoms with Crippen molar-refractivity contribution in [3.8, 4) is 17.2 Å². The molecule has 0 saturated carbocycles. The van der Waals surface area contributed by atoms with Crippen LogP contribution in [0.4, 0.5) is 0 Å². The summed E-state index contributed by atoms with van der Waals surface area (Å²) in [5, 5.41) is 0. The van der Waals surface area contributed by atoms with Crippen LogP contribution in [0.5, 0.6) is 17.2 Å². The monoisotopic (exact) mass is 227 g/mol. The molecule has 1 aromatic heterocycles. The van der Waals surface area contributed by atoms with Crippen LogP contribution in [0.1, 0.15) is 12.5 Å². The van der Waals surface area contributed by atoms with Gasteiger partial charge in [0, 0.05) is 24.9 Å². The fraction of sp³-hybridized carbons (Fsp3) is 0.214. The molecule has 1 aliphatic heterocycles. The van der Waals surface area contributed by atoms with Gasteiger partial charge in [0.25, 0.3) is 0 Å². The van der Waals surface area contributed by atoms with Crippen LogP contribution in [0.15, 0.2) is 42.7 Å². The van der Waals surface area contributed by atoms with Gasteiger partial charge in [-0.25, -0.2) is 0 Å². The zero-order valence-corrected chi connectivity index (χ0v) is 9.59. The van der Waals surface area contributed by atoms with Gasteiger partial charge in [-0.1, -0.05) is 6.07 Å². The van der Waals surface area contributed by atoms with Crippen molar-refractivity contribution in [2.24, 2.45) is 0 Å². The smallest absolute Gasteiger partial charge is 0.131 e. The summed E-state index contributed by atoms with van der Waals surface area (Å²) in [7, 11) is 0. The molecule has 0 fully saturated rings. The molecule has 3 nitrogen and oxygen atoms in total. The van der Waals surface area contributed by atoms with Crippen molar-refractivity contribution < 1.29 is 9.47 Å². The molecule has 0 aliphatic carbocycles. The predicted octanol–water partition coefficient (Wildman–Crippen LogP) is 3.20. The highest BCUT2D eigenvalue weighted by molar-refractivity contribution is 5.44. The van der Waals surface area contributed by atoms with Gasteiger partial charge in [-0.2, -0.15) is 0 Å². The van der Waals surface area contributed by atoms with E-state index in [-0.39, 0.29) is 6.10 Å². The molecule has 0 N–H and O–H groups in total. The average Bonchev–Trinajstić information content (AvgIpc) is 2.70. The van der Waals surface area contributed by atoms with E-state index < -0.39 is 0 Å². The van der Waals surface area contributed by atoms with Gasteiger partial charge in [0.15, 0.2) is 0 Å². The molecule has 3 heteroatoms. The molecule has 0 saturated heterocycles. The minimum absolute atomic E-state index is 0.265. The second-order valence-corrected chi connectivity index (χ2v) is 4.19. The van der Waals surface area contributed by atoms with Gasteiger partial charge in [-0.05, 0) is 30.7 Å². The standard InChI is InChI=1S/C14H13NO2/c1-10-8-11-2-3-13(9-14(11)16-10)17-12-4-6-15-7-5-12/h2-7,9-10H,8H2,1H3. The molecule has 2 aromatic rings. The van der Waals surface area contributed by atoms with Crippen molar-refractivity contribution in [2.75, 3.05) is 0 Å². The summed E-state index contributed by atoms with van der Waals surface area (Å²) in [5.74, 6) is 2.51. The van der Waals surface area contributed by atoms with Crippen molar-refractivity contribution in [1.82, 2.24) is 4.98 Å². The normalized spacial score (nSPS) is 17.4. The van der Waals surface area contributed by atoms with Gasteiger partial charge >= 0.3 is 0 Å².